The average Bonchev–Trinajstić information content (AvgIpc) is 2.41. The van der Waals surface area contributed by atoms with E-state index in [1.807, 2.05) is 20.8 Å². The summed E-state index contributed by atoms with van der Waals surface area (Å²) in [5.41, 5.74) is 8.47. The van der Waals surface area contributed by atoms with Crippen LogP contribution >= 0.6 is 0 Å². The highest BCUT2D eigenvalue weighted by Crippen LogP contribution is 2.35. The van der Waals surface area contributed by atoms with Gasteiger partial charge in [-0.2, -0.15) is 0 Å². The quantitative estimate of drug-likeness (QED) is 0.718. The van der Waals surface area contributed by atoms with Crippen LogP contribution < -0.4 is 5.73 Å². The first-order chi connectivity index (χ1) is 6.00. The molecule has 0 aliphatic heterocycles. The molecule has 0 amide bonds. The molecule has 1 aromatic rings. The van der Waals surface area contributed by atoms with Crippen molar-refractivity contribution in [2.24, 2.45) is 5.73 Å². The molecule has 13 heavy (non-hydrogen) atoms. The summed E-state index contributed by atoms with van der Waals surface area (Å²) in [6.07, 6.45) is 3.45. The zero-order valence-electron chi connectivity index (χ0n) is 8.61. The van der Waals surface area contributed by atoms with Gasteiger partial charge in [-0.25, -0.2) is 0 Å². The fourth-order valence-electron chi connectivity index (χ4n) is 2.38. The van der Waals surface area contributed by atoms with E-state index in [2.05, 4.69) is 0 Å². The van der Waals surface area contributed by atoms with Crippen LogP contribution in [-0.2, 0) is 18.4 Å². The molecule has 0 bridgehead atoms. The second-order valence-corrected chi connectivity index (χ2v) is 4.51. The maximum absolute atomic E-state index is 6.12. The van der Waals surface area contributed by atoms with Crippen molar-refractivity contribution < 1.29 is 4.42 Å². The van der Waals surface area contributed by atoms with E-state index in [9.17, 15) is 0 Å². The van der Waals surface area contributed by atoms with E-state index >= 15 is 0 Å². The molecular formula is C11H17NO. The molecular weight excluding hydrogens is 162 g/mol. The first kappa shape index (κ1) is 8.82. The van der Waals surface area contributed by atoms with Gasteiger partial charge < -0.3 is 10.2 Å². The lowest BCUT2D eigenvalue weighted by Crippen LogP contribution is -2.30. The van der Waals surface area contributed by atoms with Crippen LogP contribution in [0.1, 0.15) is 42.9 Å². The second kappa shape index (κ2) is 2.61. The third-order valence-corrected chi connectivity index (χ3v) is 2.74. The second-order valence-electron chi connectivity index (χ2n) is 4.51. The molecule has 0 unspecified atom stereocenters. The lowest BCUT2D eigenvalue weighted by Gasteiger charge is -2.19. The molecule has 2 heteroatoms. The van der Waals surface area contributed by atoms with Crippen molar-refractivity contribution >= 4 is 0 Å². The molecule has 0 saturated carbocycles. The number of rotatable bonds is 1. The van der Waals surface area contributed by atoms with Crippen LogP contribution in [0, 0.1) is 6.92 Å². The Kier molecular flexibility index (Phi) is 1.77. The SMILES string of the molecule is Cc1oc2c(c1C(C)(C)N)CCC2. The van der Waals surface area contributed by atoms with Crippen molar-refractivity contribution in [3.8, 4) is 0 Å². The van der Waals surface area contributed by atoms with Gasteiger partial charge in [-0.15, -0.1) is 0 Å². The maximum Gasteiger partial charge on any atom is 0.107 e. The number of hydrogen-bond donors (Lipinski definition) is 1. The third kappa shape index (κ3) is 1.29. The molecule has 0 radical (unpaired) electrons. The van der Waals surface area contributed by atoms with E-state index in [1.165, 1.54) is 23.3 Å². The van der Waals surface area contributed by atoms with E-state index in [0.29, 0.717) is 0 Å². The van der Waals surface area contributed by atoms with Gasteiger partial charge in [0, 0.05) is 17.5 Å². The van der Waals surface area contributed by atoms with E-state index in [4.69, 9.17) is 10.2 Å². The summed E-state index contributed by atoms with van der Waals surface area (Å²) in [5, 5.41) is 0. The summed E-state index contributed by atoms with van der Waals surface area (Å²) in [6, 6.07) is 0. The van der Waals surface area contributed by atoms with Gasteiger partial charge in [0.2, 0.25) is 0 Å². The number of nitrogens with two attached hydrogens (primary N) is 1. The molecule has 0 atom stereocenters. The summed E-state index contributed by atoms with van der Waals surface area (Å²) in [5.74, 6) is 2.18. The lowest BCUT2D eigenvalue weighted by atomic mass is 9.91. The summed E-state index contributed by atoms with van der Waals surface area (Å²) < 4.78 is 5.70. The van der Waals surface area contributed by atoms with Crippen molar-refractivity contribution in [1.82, 2.24) is 0 Å². The summed E-state index contributed by atoms with van der Waals surface area (Å²) >= 11 is 0. The third-order valence-electron chi connectivity index (χ3n) is 2.74. The highest BCUT2D eigenvalue weighted by molar-refractivity contribution is 5.40. The highest BCUT2D eigenvalue weighted by atomic mass is 16.3. The van der Waals surface area contributed by atoms with E-state index in [1.54, 1.807) is 0 Å². The molecule has 72 valence electrons. The summed E-state index contributed by atoms with van der Waals surface area (Å²) in [4.78, 5) is 0. The molecule has 0 spiro atoms. The first-order valence-corrected chi connectivity index (χ1v) is 4.90. The average molecular weight is 179 g/mol. The van der Waals surface area contributed by atoms with Crippen LogP contribution in [0.4, 0.5) is 0 Å². The zero-order valence-corrected chi connectivity index (χ0v) is 8.61. The maximum atomic E-state index is 6.12. The predicted octanol–water partition coefficient (Wildman–Crippen LogP) is 2.27. The Hall–Kier alpha value is -0.760. The topological polar surface area (TPSA) is 39.2 Å². The molecule has 0 aromatic carbocycles. The standard InChI is InChI=1S/C11H17NO/c1-7-10(11(2,3)12)8-5-4-6-9(8)13-7/h4-6,12H2,1-3H3. The fourth-order valence-corrected chi connectivity index (χ4v) is 2.38. The highest BCUT2D eigenvalue weighted by Gasteiger charge is 2.29. The zero-order chi connectivity index (χ0) is 9.64. The smallest absolute Gasteiger partial charge is 0.107 e. The summed E-state index contributed by atoms with van der Waals surface area (Å²) in [6.45, 7) is 6.11. The Labute approximate surface area is 79.1 Å². The van der Waals surface area contributed by atoms with Crippen molar-refractivity contribution in [3.63, 3.8) is 0 Å². The number of hydrogen-bond acceptors (Lipinski definition) is 2. The Morgan fingerprint density at radius 1 is 1.31 bits per heavy atom. The molecule has 2 N–H and O–H groups in total. The van der Waals surface area contributed by atoms with Crippen LogP contribution in [0.5, 0.6) is 0 Å². The largest absolute Gasteiger partial charge is 0.466 e. The molecule has 1 aliphatic carbocycles. The normalized spacial score (nSPS) is 16.3. The molecule has 2 nitrogen and oxygen atoms in total. The van der Waals surface area contributed by atoms with Crippen LogP contribution in [0.25, 0.3) is 0 Å². The van der Waals surface area contributed by atoms with Gasteiger partial charge >= 0.3 is 0 Å². The van der Waals surface area contributed by atoms with Gasteiger partial charge in [0.05, 0.1) is 0 Å². The molecule has 0 fully saturated rings. The van der Waals surface area contributed by atoms with Gasteiger partial charge in [0.25, 0.3) is 0 Å². The number of aryl methyl sites for hydroxylation is 2. The molecule has 1 heterocycles. The molecule has 1 aromatic heterocycles. The van der Waals surface area contributed by atoms with E-state index < -0.39 is 0 Å². The minimum atomic E-state index is -0.258. The van der Waals surface area contributed by atoms with Crippen molar-refractivity contribution in [2.45, 2.75) is 45.6 Å². The monoisotopic (exact) mass is 179 g/mol. The van der Waals surface area contributed by atoms with Crippen LogP contribution in [0.2, 0.25) is 0 Å². The molecule has 1 aliphatic rings. The van der Waals surface area contributed by atoms with Gasteiger partial charge in [-0.3, -0.25) is 0 Å². The van der Waals surface area contributed by atoms with E-state index in [-0.39, 0.29) is 5.54 Å². The lowest BCUT2D eigenvalue weighted by molar-refractivity contribution is 0.466. The van der Waals surface area contributed by atoms with Crippen LogP contribution in [0.15, 0.2) is 4.42 Å². The Balaban J connectivity index is 2.56. The Bertz CT molecular complexity index is 331. The van der Waals surface area contributed by atoms with Crippen LogP contribution in [0.3, 0.4) is 0 Å². The Morgan fingerprint density at radius 2 is 2.00 bits per heavy atom. The summed E-state index contributed by atoms with van der Waals surface area (Å²) in [7, 11) is 0. The minimum Gasteiger partial charge on any atom is -0.466 e. The van der Waals surface area contributed by atoms with Crippen LogP contribution in [-0.4, -0.2) is 0 Å². The van der Waals surface area contributed by atoms with Crippen molar-refractivity contribution in [1.29, 1.82) is 0 Å². The van der Waals surface area contributed by atoms with Gasteiger partial charge in [0.15, 0.2) is 0 Å². The van der Waals surface area contributed by atoms with Gasteiger partial charge in [0.1, 0.15) is 11.5 Å². The Morgan fingerprint density at radius 3 is 2.62 bits per heavy atom. The van der Waals surface area contributed by atoms with Gasteiger partial charge in [-0.1, -0.05) is 0 Å². The number of furan rings is 1. The van der Waals surface area contributed by atoms with Crippen molar-refractivity contribution in [2.75, 3.05) is 0 Å². The molecule has 0 saturated heterocycles. The molecule has 2 rings (SSSR count). The van der Waals surface area contributed by atoms with E-state index in [0.717, 1.165) is 18.6 Å². The minimum absolute atomic E-state index is 0.258. The van der Waals surface area contributed by atoms with Crippen molar-refractivity contribution in [3.05, 3.63) is 22.6 Å². The van der Waals surface area contributed by atoms with Gasteiger partial charge in [-0.05, 0) is 39.2 Å². The fraction of sp³-hybridized carbons (Fsp3) is 0.636. The predicted molar refractivity (Wildman–Crippen MR) is 52.7 cm³/mol. The number of fused-ring (bicyclic) bond motifs is 1. The first-order valence-electron chi connectivity index (χ1n) is 4.90.